The minimum atomic E-state index is -0.0843. The zero-order valence-corrected chi connectivity index (χ0v) is 15.8. The zero-order chi connectivity index (χ0) is 18.7. The number of methoxy groups -OCH3 is 4. The third-order valence-corrected chi connectivity index (χ3v) is 4.71. The molecule has 136 valence electrons. The van der Waals surface area contributed by atoms with Crippen LogP contribution in [-0.4, -0.2) is 33.0 Å². The van der Waals surface area contributed by atoms with Gasteiger partial charge in [0, 0.05) is 10.9 Å². The predicted molar refractivity (Wildman–Crippen MR) is 102 cm³/mol. The van der Waals surface area contributed by atoms with Crippen LogP contribution in [0.5, 0.6) is 23.0 Å². The summed E-state index contributed by atoms with van der Waals surface area (Å²) in [5, 5.41) is 1.81. The van der Waals surface area contributed by atoms with Crippen molar-refractivity contribution in [2.45, 2.75) is 0 Å². The first-order valence-electron chi connectivity index (χ1n) is 7.78. The van der Waals surface area contributed by atoms with Gasteiger partial charge >= 0.3 is 4.87 Å². The third-order valence-electron chi connectivity index (χ3n) is 3.99. The second-order valence-electron chi connectivity index (χ2n) is 5.33. The minimum absolute atomic E-state index is 0.0843. The van der Waals surface area contributed by atoms with Gasteiger partial charge < -0.3 is 18.9 Å². The Kier molecular flexibility index (Phi) is 5.18. The van der Waals surface area contributed by atoms with Crippen LogP contribution in [0.15, 0.2) is 46.6 Å². The molecule has 6 nitrogen and oxygen atoms in total. The molecule has 0 atom stereocenters. The van der Waals surface area contributed by atoms with Crippen LogP contribution in [0.25, 0.3) is 16.9 Å². The Morgan fingerprint density at radius 2 is 1.46 bits per heavy atom. The molecule has 2 aromatic carbocycles. The van der Waals surface area contributed by atoms with Gasteiger partial charge in [-0.1, -0.05) is 11.3 Å². The molecule has 0 amide bonds. The lowest BCUT2D eigenvalue weighted by atomic mass is 10.1. The zero-order valence-electron chi connectivity index (χ0n) is 14.9. The van der Waals surface area contributed by atoms with Gasteiger partial charge in [-0.3, -0.25) is 9.36 Å². The van der Waals surface area contributed by atoms with Gasteiger partial charge in [0.15, 0.2) is 11.5 Å². The summed E-state index contributed by atoms with van der Waals surface area (Å²) in [7, 11) is 6.28. The quantitative estimate of drug-likeness (QED) is 0.661. The van der Waals surface area contributed by atoms with Gasteiger partial charge in [-0.05, 0) is 36.4 Å². The molecule has 3 rings (SSSR count). The second kappa shape index (κ2) is 7.53. The van der Waals surface area contributed by atoms with Crippen LogP contribution in [0.2, 0.25) is 0 Å². The van der Waals surface area contributed by atoms with Crippen LogP contribution in [0.4, 0.5) is 0 Å². The van der Waals surface area contributed by atoms with Gasteiger partial charge in [0.05, 0.1) is 39.8 Å². The van der Waals surface area contributed by atoms with Crippen LogP contribution in [0.1, 0.15) is 0 Å². The van der Waals surface area contributed by atoms with Gasteiger partial charge in [-0.2, -0.15) is 0 Å². The van der Waals surface area contributed by atoms with E-state index < -0.39 is 0 Å². The smallest absolute Gasteiger partial charge is 0.312 e. The van der Waals surface area contributed by atoms with Crippen LogP contribution in [0, 0.1) is 0 Å². The van der Waals surface area contributed by atoms with E-state index in [1.165, 1.54) is 0 Å². The summed E-state index contributed by atoms with van der Waals surface area (Å²) in [4.78, 5) is 12.4. The van der Waals surface area contributed by atoms with Crippen molar-refractivity contribution in [3.05, 3.63) is 51.4 Å². The Morgan fingerprint density at radius 1 is 0.846 bits per heavy atom. The molecule has 7 heteroatoms. The van der Waals surface area contributed by atoms with Crippen molar-refractivity contribution in [2.75, 3.05) is 28.4 Å². The summed E-state index contributed by atoms with van der Waals surface area (Å²) in [5.41, 5.74) is 2.28. The van der Waals surface area contributed by atoms with Crippen LogP contribution in [0.3, 0.4) is 0 Å². The summed E-state index contributed by atoms with van der Waals surface area (Å²) in [6, 6.07) is 11.0. The third kappa shape index (κ3) is 3.13. The molecule has 0 saturated carbocycles. The van der Waals surface area contributed by atoms with E-state index in [0.29, 0.717) is 17.2 Å². The van der Waals surface area contributed by atoms with Crippen LogP contribution in [-0.2, 0) is 0 Å². The number of benzene rings is 2. The summed E-state index contributed by atoms with van der Waals surface area (Å²) >= 11 is 1.13. The number of aromatic nitrogens is 1. The number of nitrogens with zero attached hydrogens (tertiary/aromatic N) is 1. The lowest BCUT2D eigenvalue weighted by molar-refractivity contribution is 0.324. The number of thiazole rings is 1. The lowest BCUT2D eigenvalue weighted by Crippen LogP contribution is -2.11. The molecule has 0 saturated heterocycles. The van der Waals surface area contributed by atoms with Crippen LogP contribution < -0.4 is 23.8 Å². The summed E-state index contributed by atoms with van der Waals surface area (Å²) < 4.78 is 23.0. The van der Waals surface area contributed by atoms with Gasteiger partial charge in [-0.15, -0.1) is 0 Å². The Morgan fingerprint density at radius 3 is 1.96 bits per heavy atom. The molecule has 0 bridgehead atoms. The predicted octanol–water partition coefficient (Wildman–Crippen LogP) is 3.60. The van der Waals surface area contributed by atoms with E-state index in [1.54, 1.807) is 33.0 Å². The summed E-state index contributed by atoms with van der Waals surface area (Å²) in [6.07, 6.45) is 0. The van der Waals surface area contributed by atoms with Crippen molar-refractivity contribution in [3.63, 3.8) is 0 Å². The monoisotopic (exact) mass is 373 g/mol. The summed E-state index contributed by atoms with van der Waals surface area (Å²) in [6.45, 7) is 0. The molecule has 26 heavy (non-hydrogen) atoms. The minimum Gasteiger partial charge on any atom is -0.497 e. The molecule has 0 unspecified atom stereocenters. The highest BCUT2D eigenvalue weighted by molar-refractivity contribution is 7.07. The van der Waals surface area contributed by atoms with Crippen molar-refractivity contribution >= 4 is 11.3 Å². The van der Waals surface area contributed by atoms with Crippen LogP contribution >= 0.6 is 11.3 Å². The number of ether oxygens (including phenoxy) is 4. The topological polar surface area (TPSA) is 58.9 Å². The Balaban J connectivity index is 2.18. The molecule has 0 N–H and O–H groups in total. The van der Waals surface area contributed by atoms with E-state index >= 15 is 0 Å². The van der Waals surface area contributed by atoms with Crippen molar-refractivity contribution in [1.29, 1.82) is 0 Å². The van der Waals surface area contributed by atoms with Crippen molar-refractivity contribution in [3.8, 4) is 39.9 Å². The molecule has 0 radical (unpaired) electrons. The Bertz CT molecular complexity index is 934. The van der Waals surface area contributed by atoms with Gasteiger partial charge in [0.25, 0.3) is 0 Å². The normalized spacial score (nSPS) is 10.5. The highest BCUT2D eigenvalue weighted by atomic mass is 32.1. The number of hydrogen-bond acceptors (Lipinski definition) is 6. The van der Waals surface area contributed by atoms with E-state index in [4.69, 9.17) is 18.9 Å². The fraction of sp³-hybridized carbons (Fsp3) is 0.211. The lowest BCUT2D eigenvalue weighted by Gasteiger charge is -2.15. The standard InChI is InChI=1S/C19H19NO5S/c1-22-14-7-5-13(6-8-14)20-15(11-26-19(20)21)12-9-16(23-2)18(25-4)17(10-12)24-3/h5-11H,1-4H3. The number of hydrogen-bond donors (Lipinski definition) is 0. The fourth-order valence-corrected chi connectivity index (χ4v) is 3.47. The maximum Gasteiger partial charge on any atom is 0.312 e. The molecule has 3 aromatic rings. The fourth-order valence-electron chi connectivity index (χ4n) is 2.71. The van der Waals surface area contributed by atoms with Gasteiger partial charge in [0.1, 0.15) is 5.75 Å². The second-order valence-corrected chi connectivity index (χ2v) is 6.15. The first-order valence-corrected chi connectivity index (χ1v) is 8.66. The Labute approximate surface area is 155 Å². The number of rotatable bonds is 6. The maximum atomic E-state index is 12.5. The van der Waals surface area contributed by atoms with Crippen molar-refractivity contribution in [2.24, 2.45) is 0 Å². The summed E-state index contributed by atoms with van der Waals surface area (Å²) in [5.74, 6) is 2.29. The van der Waals surface area contributed by atoms with Gasteiger partial charge in [0.2, 0.25) is 5.75 Å². The maximum absolute atomic E-state index is 12.5. The Hall–Kier alpha value is -2.93. The van der Waals surface area contributed by atoms with Crippen molar-refractivity contribution < 1.29 is 18.9 Å². The molecule has 0 aliphatic rings. The molecule has 1 aromatic heterocycles. The van der Waals surface area contributed by atoms with E-state index in [1.807, 2.05) is 41.8 Å². The molecule has 1 heterocycles. The average Bonchev–Trinajstić information content (AvgIpc) is 3.08. The van der Waals surface area contributed by atoms with Crippen molar-refractivity contribution in [1.82, 2.24) is 4.57 Å². The molecule has 0 spiro atoms. The first kappa shape index (κ1) is 17.9. The molecular weight excluding hydrogens is 354 g/mol. The first-order chi connectivity index (χ1) is 12.6. The molecular formula is C19H19NO5S. The van der Waals surface area contributed by atoms with Gasteiger partial charge in [-0.25, -0.2) is 0 Å². The highest BCUT2D eigenvalue weighted by Crippen LogP contribution is 2.41. The largest absolute Gasteiger partial charge is 0.497 e. The SMILES string of the molecule is COc1ccc(-n2c(-c3cc(OC)c(OC)c(OC)c3)csc2=O)cc1. The van der Waals surface area contributed by atoms with E-state index in [2.05, 4.69) is 0 Å². The van der Waals surface area contributed by atoms with E-state index in [9.17, 15) is 4.79 Å². The molecule has 0 fully saturated rings. The van der Waals surface area contributed by atoms with E-state index in [0.717, 1.165) is 34.0 Å². The average molecular weight is 373 g/mol. The van der Waals surface area contributed by atoms with E-state index in [-0.39, 0.29) is 4.87 Å². The molecule has 0 aliphatic heterocycles. The highest BCUT2D eigenvalue weighted by Gasteiger charge is 2.18. The molecule has 0 aliphatic carbocycles.